The van der Waals surface area contributed by atoms with Crippen LogP contribution in [-0.2, 0) is 4.79 Å². The Balaban J connectivity index is 1.18. The van der Waals surface area contributed by atoms with E-state index in [1.54, 1.807) is 42.5 Å². The molecule has 2 N–H and O–H groups in total. The topological polar surface area (TPSA) is 127 Å². The van der Waals surface area contributed by atoms with Crippen molar-refractivity contribution in [2.45, 2.75) is 45.3 Å². The Kier molecular flexibility index (Phi) is 10.7. The van der Waals surface area contributed by atoms with E-state index in [1.807, 2.05) is 42.5 Å². The van der Waals surface area contributed by atoms with Crippen molar-refractivity contribution in [3.63, 3.8) is 0 Å². The van der Waals surface area contributed by atoms with Crippen molar-refractivity contribution in [1.82, 2.24) is 0 Å². The molecule has 0 aliphatic heterocycles. The molecule has 0 saturated carbocycles. The predicted octanol–water partition coefficient (Wildman–Crippen LogP) is 8.42. The zero-order valence-electron chi connectivity index (χ0n) is 22.0. The highest BCUT2D eigenvalue weighted by Gasteiger charge is 2.15. The smallest absolute Gasteiger partial charge is 0.283 e. The van der Waals surface area contributed by atoms with Gasteiger partial charge in [0.15, 0.2) is 0 Å². The minimum atomic E-state index is -0.401. The van der Waals surface area contributed by atoms with E-state index in [1.165, 1.54) is 35.7 Å². The fourth-order valence-corrected chi connectivity index (χ4v) is 5.95. The van der Waals surface area contributed by atoms with E-state index in [-0.39, 0.29) is 22.2 Å². The summed E-state index contributed by atoms with van der Waals surface area (Å²) in [5.41, 5.74) is 1.72. The van der Waals surface area contributed by atoms with Gasteiger partial charge in [0.25, 0.3) is 11.4 Å². The number of hydrogen-bond acceptors (Lipinski definition) is 8. The van der Waals surface area contributed by atoms with Crippen LogP contribution in [0.15, 0.2) is 117 Å². The van der Waals surface area contributed by atoms with Gasteiger partial charge in [0.2, 0.25) is 5.91 Å². The lowest BCUT2D eigenvalue weighted by atomic mass is 10.2. The van der Waals surface area contributed by atoms with Crippen LogP contribution in [0.3, 0.4) is 0 Å². The van der Waals surface area contributed by atoms with Gasteiger partial charge in [-0.15, -0.1) is 0 Å². The van der Waals surface area contributed by atoms with Gasteiger partial charge < -0.3 is 10.6 Å². The summed E-state index contributed by atoms with van der Waals surface area (Å²) >= 11 is 2.64. The van der Waals surface area contributed by atoms with Gasteiger partial charge in [-0.3, -0.25) is 25.0 Å². The highest BCUT2D eigenvalue weighted by atomic mass is 32.2. The summed E-state index contributed by atoms with van der Waals surface area (Å²) in [6, 6.07) is 28.3. The van der Waals surface area contributed by atoms with Crippen molar-refractivity contribution < 1.29 is 14.6 Å². The number of amides is 1. The number of nitro benzene ring substituents is 2. The summed E-state index contributed by atoms with van der Waals surface area (Å²) in [5.74, 6) is -0.0782. The van der Waals surface area contributed by atoms with Gasteiger partial charge in [0.05, 0.1) is 19.6 Å². The molecule has 0 spiro atoms. The molecule has 0 aliphatic carbocycles. The van der Waals surface area contributed by atoms with E-state index < -0.39 is 4.92 Å². The molecule has 9 nitrogen and oxygen atoms in total. The van der Waals surface area contributed by atoms with Crippen LogP contribution >= 0.6 is 23.5 Å². The third-order valence-corrected chi connectivity index (χ3v) is 8.05. The molecular formula is C30H28N4O5S2. The maximum atomic E-state index is 12.5. The third-order valence-electron chi connectivity index (χ3n) is 5.94. The van der Waals surface area contributed by atoms with Crippen LogP contribution in [0.5, 0.6) is 0 Å². The van der Waals surface area contributed by atoms with Crippen molar-refractivity contribution in [3.8, 4) is 0 Å². The van der Waals surface area contributed by atoms with Gasteiger partial charge in [-0.05, 0) is 61.4 Å². The largest absolute Gasteiger partial charge is 0.385 e. The first-order valence-corrected chi connectivity index (χ1v) is 14.6. The third kappa shape index (κ3) is 9.09. The zero-order valence-corrected chi connectivity index (χ0v) is 23.7. The molecule has 41 heavy (non-hydrogen) atoms. The molecule has 0 atom stereocenters. The number of carbonyl (C=O) groups excluding carboxylic acids is 1. The molecule has 0 aromatic heterocycles. The minimum Gasteiger partial charge on any atom is -0.385 e. The maximum Gasteiger partial charge on any atom is 0.283 e. The van der Waals surface area contributed by atoms with Crippen molar-refractivity contribution in [2.75, 3.05) is 17.2 Å². The van der Waals surface area contributed by atoms with Crippen LogP contribution in [0.1, 0.15) is 25.7 Å². The number of nitrogens with one attached hydrogen (secondary N) is 2. The first-order valence-electron chi connectivity index (χ1n) is 13.0. The number of benzene rings is 4. The van der Waals surface area contributed by atoms with Crippen molar-refractivity contribution in [2.24, 2.45) is 0 Å². The molecule has 4 aromatic carbocycles. The number of unbranched alkanes of at least 4 members (excludes halogenated alkanes) is 2. The Morgan fingerprint density at radius 3 is 1.78 bits per heavy atom. The normalized spacial score (nSPS) is 10.6. The molecule has 0 aliphatic rings. The van der Waals surface area contributed by atoms with E-state index in [4.69, 9.17) is 0 Å². The molecule has 0 radical (unpaired) electrons. The first-order chi connectivity index (χ1) is 19.9. The summed E-state index contributed by atoms with van der Waals surface area (Å²) in [4.78, 5) is 37.1. The summed E-state index contributed by atoms with van der Waals surface area (Å²) in [7, 11) is 0. The van der Waals surface area contributed by atoms with Gasteiger partial charge in [-0.1, -0.05) is 66.3 Å². The standard InChI is InChI=1S/C30H28N4O5S2/c35-30(32-23-11-9-13-25(21-23)41-29-17-6-4-15-27(29)34(38)39)18-2-1-7-19-31-22-10-8-12-24(20-22)40-28-16-5-3-14-26(28)33(36)37/h3-6,8-17,20-21,31H,1-2,7,18-19H2,(H,32,35). The van der Waals surface area contributed by atoms with Crippen LogP contribution < -0.4 is 10.6 Å². The fourth-order valence-electron chi connectivity index (χ4n) is 3.99. The second-order valence-electron chi connectivity index (χ2n) is 9.00. The van der Waals surface area contributed by atoms with Crippen molar-refractivity contribution in [3.05, 3.63) is 117 Å². The number of anilines is 2. The number of nitrogens with zero attached hydrogens (tertiary/aromatic N) is 2. The molecule has 4 rings (SSSR count). The highest BCUT2D eigenvalue weighted by molar-refractivity contribution is 7.99. The Hall–Kier alpha value is -4.35. The predicted molar refractivity (Wildman–Crippen MR) is 163 cm³/mol. The molecule has 4 aromatic rings. The maximum absolute atomic E-state index is 12.5. The number of carbonyl (C=O) groups is 1. The minimum absolute atomic E-state index is 0.0477. The van der Waals surface area contributed by atoms with E-state index in [2.05, 4.69) is 10.6 Å². The van der Waals surface area contributed by atoms with Gasteiger partial charge in [-0.2, -0.15) is 0 Å². The molecule has 210 valence electrons. The summed E-state index contributed by atoms with van der Waals surface area (Å²) in [6.07, 6.45) is 2.89. The summed E-state index contributed by atoms with van der Waals surface area (Å²) < 4.78 is 0. The second kappa shape index (κ2) is 14.9. The molecule has 0 bridgehead atoms. The Labute approximate surface area is 246 Å². The Bertz CT molecular complexity index is 1530. The second-order valence-corrected chi connectivity index (χ2v) is 11.2. The molecule has 0 fully saturated rings. The molecule has 1 amide bonds. The molecule has 0 unspecified atom stereocenters. The number of nitro groups is 2. The summed E-state index contributed by atoms with van der Waals surface area (Å²) in [5, 5.41) is 28.9. The average Bonchev–Trinajstić information content (AvgIpc) is 2.95. The molecular weight excluding hydrogens is 560 g/mol. The lowest BCUT2D eigenvalue weighted by molar-refractivity contribution is -0.387. The van der Waals surface area contributed by atoms with E-state index in [0.717, 1.165) is 41.3 Å². The molecule has 0 heterocycles. The van der Waals surface area contributed by atoms with Crippen molar-refractivity contribution in [1.29, 1.82) is 0 Å². The fraction of sp³-hybridized carbons (Fsp3) is 0.167. The van der Waals surface area contributed by atoms with Crippen LogP contribution in [-0.4, -0.2) is 22.3 Å². The Morgan fingerprint density at radius 2 is 1.20 bits per heavy atom. The average molecular weight is 589 g/mol. The van der Waals surface area contributed by atoms with Gasteiger partial charge >= 0.3 is 0 Å². The molecule has 0 saturated heterocycles. The van der Waals surface area contributed by atoms with Crippen LogP contribution in [0.25, 0.3) is 0 Å². The monoisotopic (exact) mass is 588 g/mol. The number of para-hydroxylation sites is 2. The molecule has 11 heteroatoms. The van der Waals surface area contributed by atoms with Crippen molar-refractivity contribution >= 4 is 52.2 Å². The van der Waals surface area contributed by atoms with Gasteiger partial charge in [0, 0.05) is 46.3 Å². The number of hydrogen-bond donors (Lipinski definition) is 2. The van der Waals surface area contributed by atoms with Crippen LogP contribution in [0.2, 0.25) is 0 Å². The van der Waals surface area contributed by atoms with Crippen LogP contribution in [0.4, 0.5) is 22.7 Å². The van der Waals surface area contributed by atoms with E-state index in [0.29, 0.717) is 21.9 Å². The van der Waals surface area contributed by atoms with Gasteiger partial charge in [-0.25, -0.2) is 0 Å². The first kappa shape index (κ1) is 29.6. The highest BCUT2D eigenvalue weighted by Crippen LogP contribution is 2.36. The van der Waals surface area contributed by atoms with E-state index >= 15 is 0 Å². The SMILES string of the molecule is O=C(CCCCCNc1cccc(Sc2ccccc2[N+](=O)[O-])c1)Nc1cccc(Sc2ccccc2[N+](=O)[O-])c1. The summed E-state index contributed by atoms with van der Waals surface area (Å²) in [6.45, 7) is 0.742. The lowest BCUT2D eigenvalue weighted by Gasteiger charge is -2.09. The Morgan fingerprint density at radius 1 is 0.659 bits per heavy atom. The van der Waals surface area contributed by atoms with Crippen LogP contribution in [0, 0.1) is 20.2 Å². The van der Waals surface area contributed by atoms with Gasteiger partial charge in [0.1, 0.15) is 0 Å². The van der Waals surface area contributed by atoms with E-state index in [9.17, 15) is 25.0 Å². The zero-order chi connectivity index (χ0) is 29.0. The lowest BCUT2D eigenvalue weighted by Crippen LogP contribution is -2.11. The number of rotatable bonds is 14. The quantitative estimate of drug-likeness (QED) is 0.0853.